The van der Waals surface area contributed by atoms with Crippen LogP contribution in [0.4, 0.5) is 0 Å². The summed E-state index contributed by atoms with van der Waals surface area (Å²) in [5.41, 5.74) is 0.0521. The SMILES string of the molecule is CC1OCCC1(O)c1ccc[nH]1. The molecule has 3 nitrogen and oxygen atoms in total. The Morgan fingerprint density at radius 1 is 1.75 bits per heavy atom. The molecule has 1 aliphatic rings. The third-order valence-electron chi connectivity index (χ3n) is 2.59. The van der Waals surface area contributed by atoms with Crippen molar-refractivity contribution in [2.75, 3.05) is 6.61 Å². The minimum absolute atomic E-state index is 0.115. The molecular formula is C9H13NO2. The van der Waals surface area contributed by atoms with Gasteiger partial charge in [0, 0.05) is 18.3 Å². The topological polar surface area (TPSA) is 45.2 Å². The van der Waals surface area contributed by atoms with Gasteiger partial charge in [-0.2, -0.15) is 0 Å². The van der Waals surface area contributed by atoms with Crippen LogP contribution in [0, 0.1) is 0 Å². The van der Waals surface area contributed by atoms with Gasteiger partial charge in [0.2, 0.25) is 0 Å². The Balaban J connectivity index is 2.32. The van der Waals surface area contributed by atoms with Crippen LogP contribution in [0.25, 0.3) is 0 Å². The maximum absolute atomic E-state index is 10.2. The first kappa shape index (κ1) is 7.83. The van der Waals surface area contributed by atoms with E-state index >= 15 is 0 Å². The van der Waals surface area contributed by atoms with E-state index in [1.165, 1.54) is 0 Å². The van der Waals surface area contributed by atoms with E-state index in [1.54, 1.807) is 0 Å². The predicted octanol–water partition coefficient (Wildman–Crippen LogP) is 1.01. The van der Waals surface area contributed by atoms with E-state index in [-0.39, 0.29) is 6.10 Å². The van der Waals surface area contributed by atoms with Crippen LogP contribution in [0.3, 0.4) is 0 Å². The minimum Gasteiger partial charge on any atom is -0.381 e. The van der Waals surface area contributed by atoms with Gasteiger partial charge in [0.15, 0.2) is 0 Å². The lowest BCUT2D eigenvalue weighted by molar-refractivity contribution is -0.0343. The summed E-state index contributed by atoms with van der Waals surface area (Å²) < 4.78 is 5.32. The molecule has 2 atom stereocenters. The van der Waals surface area contributed by atoms with Crippen molar-refractivity contribution in [1.82, 2.24) is 4.98 Å². The first-order valence-electron chi connectivity index (χ1n) is 4.21. The Kier molecular flexibility index (Phi) is 1.70. The van der Waals surface area contributed by atoms with Crippen LogP contribution in [0.5, 0.6) is 0 Å². The Hall–Kier alpha value is -0.800. The van der Waals surface area contributed by atoms with Crippen molar-refractivity contribution in [1.29, 1.82) is 0 Å². The summed E-state index contributed by atoms with van der Waals surface area (Å²) in [5.74, 6) is 0. The fourth-order valence-electron chi connectivity index (χ4n) is 1.69. The lowest BCUT2D eigenvalue weighted by atomic mass is 9.93. The first-order chi connectivity index (χ1) is 5.73. The molecule has 2 heterocycles. The lowest BCUT2D eigenvalue weighted by Gasteiger charge is -2.24. The highest BCUT2D eigenvalue weighted by Crippen LogP contribution is 2.34. The van der Waals surface area contributed by atoms with E-state index in [2.05, 4.69) is 4.98 Å². The Bertz CT molecular complexity index is 258. The molecule has 3 heteroatoms. The standard InChI is InChI=1S/C9H13NO2/c1-7-9(11,4-6-12-7)8-3-2-5-10-8/h2-3,5,7,10-11H,4,6H2,1H3. The average Bonchev–Trinajstić information content (AvgIpc) is 2.62. The highest BCUT2D eigenvalue weighted by molar-refractivity contribution is 5.16. The second kappa shape index (κ2) is 2.61. The van der Waals surface area contributed by atoms with Gasteiger partial charge < -0.3 is 14.8 Å². The summed E-state index contributed by atoms with van der Waals surface area (Å²) in [6.07, 6.45) is 2.38. The number of hydrogen-bond acceptors (Lipinski definition) is 2. The fraction of sp³-hybridized carbons (Fsp3) is 0.556. The van der Waals surface area contributed by atoms with E-state index in [1.807, 2.05) is 25.3 Å². The number of ether oxygens (including phenoxy) is 1. The zero-order valence-electron chi connectivity index (χ0n) is 7.08. The third-order valence-corrected chi connectivity index (χ3v) is 2.59. The smallest absolute Gasteiger partial charge is 0.132 e. The van der Waals surface area contributed by atoms with Crippen LogP contribution >= 0.6 is 0 Å². The summed E-state index contributed by atoms with van der Waals surface area (Å²) in [7, 11) is 0. The largest absolute Gasteiger partial charge is 0.381 e. The summed E-state index contributed by atoms with van der Waals surface area (Å²) in [5, 5.41) is 10.2. The maximum atomic E-state index is 10.2. The van der Waals surface area contributed by atoms with Crippen LogP contribution in [0.15, 0.2) is 18.3 Å². The van der Waals surface area contributed by atoms with Gasteiger partial charge in [0.25, 0.3) is 0 Å². The van der Waals surface area contributed by atoms with Crippen molar-refractivity contribution in [2.45, 2.75) is 25.0 Å². The van der Waals surface area contributed by atoms with Gasteiger partial charge in [0.1, 0.15) is 5.60 Å². The molecule has 0 radical (unpaired) electrons. The molecular weight excluding hydrogens is 154 g/mol. The quantitative estimate of drug-likeness (QED) is 0.655. The molecule has 1 fully saturated rings. The third kappa shape index (κ3) is 0.974. The van der Waals surface area contributed by atoms with Crippen molar-refractivity contribution in [3.63, 3.8) is 0 Å². The van der Waals surface area contributed by atoms with E-state index < -0.39 is 5.60 Å². The Morgan fingerprint density at radius 3 is 3.08 bits per heavy atom. The van der Waals surface area contributed by atoms with Crippen LogP contribution < -0.4 is 0 Å². The van der Waals surface area contributed by atoms with Gasteiger partial charge in [-0.05, 0) is 19.1 Å². The molecule has 1 aliphatic heterocycles. The van der Waals surface area contributed by atoms with Gasteiger partial charge >= 0.3 is 0 Å². The molecule has 0 aromatic carbocycles. The van der Waals surface area contributed by atoms with Gasteiger partial charge in [-0.3, -0.25) is 0 Å². The number of hydrogen-bond donors (Lipinski definition) is 2. The van der Waals surface area contributed by atoms with Crippen molar-refractivity contribution >= 4 is 0 Å². The number of H-pyrrole nitrogens is 1. The zero-order valence-corrected chi connectivity index (χ0v) is 7.08. The predicted molar refractivity (Wildman–Crippen MR) is 44.7 cm³/mol. The molecule has 2 N–H and O–H groups in total. The highest BCUT2D eigenvalue weighted by atomic mass is 16.5. The van der Waals surface area contributed by atoms with E-state index in [0.717, 1.165) is 5.69 Å². The maximum Gasteiger partial charge on any atom is 0.132 e. The first-order valence-corrected chi connectivity index (χ1v) is 4.21. The molecule has 0 amide bonds. The van der Waals surface area contributed by atoms with Gasteiger partial charge in [0.05, 0.1) is 12.7 Å². The number of rotatable bonds is 1. The molecule has 0 spiro atoms. The van der Waals surface area contributed by atoms with Crippen LogP contribution in [-0.2, 0) is 10.3 Å². The molecule has 66 valence electrons. The molecule has 1 aromatic rings. The van der Waals surface area contributed by atoms with Crippen molar-refractivity contribution in [2.24, 2.45) is 0 Å². The summed E-state index contributed by atoms with van der Waals surface area (Å²) in [6.45, 7) is 2.53. The molecule has 12 heavy (non-hydrogen) atoms. The lowest BCUT2D eigenvalue weighted by Crippen LogP contribution is -2.33. The van der Waals surface area contributed by atoms with Crippen LogP contribution in [0.1, 0.15) is 19.0 Å². The molecule has 2 unspecified atom stereocenters. The molecule has 0 aliphatic carbocycles. The van der Waals surface area contributed by atoms with Gasteiger partial charge in [-0.25, -0.2) is 0 Å². The molecule has 1 aromatic heterocycles. The van der Waals surface area contributed by atoms with E-state index in [9.17, 15) is 5.11 Å². The highest BCUT2D eigenvalue weighted by Gasteiger charge is 2.41. The fourth-order valence-corrected chi connectivity index (χ4v) is 1.69. The number of aromatic nitrogens is 1. The van der Waals surface area contributed by atoms with E-state index in [4.69, 9.17) is 4.74 Å². The Labute approximate surface area is 71.4 Å². The van der Waals surface area contributed by atoms with Crippen LogP contribution in [-0.4, -0.2) is 22.8 Å². The Morgan fingerprint density at radius 2 is 2.58 bits per heavy atom. The monoisotopic (exact) mass is 167 g/mol. The van der Waals surface area contributed by atoms with Gasteiger partial charge in [-0.15, -0.1) is 0 Å². The summed E-state index contributed by atoms with van der Waals surface area (Å²) >= 11 is 0. The van der Waals surface area contributed by atoms with Crippen LogP contribution in [0.2, 0.25) is 0 Å². The molecule has 1 saturated heterocycles. The van der Waals surface area contributed by atoms with Gasteiger partial charge in [-0.1, -0.05) is 0 Å². The summed E-state index contributed by atoms with van der Waals surface area (Å²) in [4.78, 5) is 3.02. The second-order valence-corrected chi connectivity index (χ2v) is 3.27. The van der Waals surface area contributed by atoms with E-state index in [0.29, 0.717) is 13.0 Å². The molecule has 2 rings (SSSR count). The minimum atomic E-state index is -0.802. The van der Waals surface area contributed by atoms with Crippen molar-refractivity contribution in [3.05, 3.63) is 24.0 Å². The van der Waals surface area contributed by atoms with Crippen molar-refractivity contribution < 1.29 is 9.84 Å². The molecule has 0 saturated carbocycles. The number of nitrogens with one attached hydrogen (secondary N) is 1. The van der Waals surface area contributed by atoms with Crippen molar-refractivity contribution in [3.8, 4) is 0 Å². The second-order valence-electron chi connectivity index (χ2n) is 3.27. The number of aliphatic hydroxyl groups is 1. The number of aromatic amines is 1. The zero-order chi connectivity index (χ0) is 8.60. The molecule has 0 bridgehead atoms. The summed E-state index contributed by atoms with van der Waals surface area (Å²) in [6, 6.07) is 3.78. The average molecular weight is 167 g/mol. The normalized spacial score (nSPS) is 35.7.